The van der Waals surface area contributed by atoms with E-state index in [2.05, 4.69) is 10.2 Å². The minimum absolute atomic E-state index is 0.173. The van der Waals surface area contributed by atoms with E-state index in [0.29, 0.717) is 19.7 Å². The summed E-state index contributed by atoms with van der Waals surface area (Å²) in [5.74, 6) is 0.393. The SMILES string of the molecule is CCOC(=O)N1CCC(NC(=O)[C@@H]2CC23CCN(Cc2ccoc2)CC3)CC1. The minimum Gasteiger partial charge on any atom is -0.472 e. The first kappa shape index (κ1) is 19.3. The molecule has 28 heavy (non-hydrogen) atoms. The average molecular weight is 389 g/mol. The second-order valence-electron chi connectivity index (χ2n) is 8.50. The van der Waals surface area contributed by atoms with E-state index < -0.39 is 0 Å². The van der Waals surface area contributed by atoms with Gasteiger partial charge in [0.1, 0.15) is 0 Å². The van der Waals surface area contributed by atoms with Crippen molar-refractivity contribution in [2.75, 3.05) is 32.8 Å². The second kappa shape index (κ2) is 8.15. The predicted octanol–water partition coefficient (Wildman–Crippen LogP) is 2.62. The molecule has 2 aliphatic heterocycles. The molecule has 0 radical (unpaired) electrons. The van der Waals surface area contributed by atoms with Crippen LogP contribution in [0.5, 0.6) is 0 Å². The fourth-order valence-corrected chi connectivity index (χ4v) is 4.79. The molecule has 4 rings (SSSR count). The number of hydrogen-bond donors (Lipinski definition) is 1. The molecule has 0 bridgehead atoms. The second-order valence-corrected chi connectivity index (χ2v) is 8.50. The van der Waals surface area contributed by atoms with Gasteiger partial charge in [0.2, 0.25) is 5.91 Å². The molecule has 1 saturated carbocycles. The third-order valence-corrected chi connectivity index (χ3v) is 6.71. The Kier molecular flexibility index (Phi) is 5.62. The largest absolute Gasteiger partial charge is 0.472 e. The molecule has 7 nitrogen and oxygen atoms in total. The van der Waals surface area contributed by atoms with E-state index in [-0.39, 0.29) is 29.4 Å². The maximum Gasteiger partial charge on any atom is 0.409 e. The van der Waals surface area contributed by atoms with Crippen molar-refractivity contribution in [2.45, 2.75) is 51.6 Å². The van der Waals surface area contributed by atoms with Crippen LogP contribution in [0.15, 0.2) is 23.0 Å². The summed E-state index contributed by atoms with van der Waals surface area (Å²) in [6.45, 7) is 6.56. The Morgan fingerprint density at radius 1 is 1.25 bits per heavy atom. The molecule has 0 unspecified atom stereocenters. The van der Waals surface area contributed by atoms with Gasteiger partial charge in [-0.3, -0.25) is 9.69 Å². The number of nitrogens with zero attached hydrogens (tertiary/aromatic N) is 2. The molecule has 3 aliphatic rings. The summed E-state index contributed by atoms with van der Waals surface area (Å²) in [5.41, 5.74) is 1.44. The Balaban J connectivity index is 1.19. The predicted molar refractivity (Wildman–Crippen MR) is 104 cm³/mol. The molecule has 3 heterocycles. The van der Waals surface area contributed by atoms with Crippen LogP contribution in [0, 0.1) is 11.3 Å². The molecule has 1 atom stereocenters. The monoisotopic (exact) mass is 389 g/mol. The number of furan rings is 1. The number of piperidine rings is 2. The van der Waals surface area contributed by atoms with Crippen LogP contribution < -0.4 is 5.32 Å². The van der Waals surface area contributed by atoms with Gasteiger partial charge in [-0.1, -0.05) is 0 Å². The molecule has 1 spiro atoms. The van der Waals surface area contributed by atoms with Crippen molar-refractivity contribution in [3.8, 4) is 0 Å². The van der Waals surface area contributed by atoms with E-state index in [0.717, 1.165) is 51.7 Å². The van der Waals surface area contributed by atoms with Gasteiger partial charge < -0.3 is 19.4 Å². The zero-order valence-electron chi connectivity index (χ0n) is 16.7. The number of amides is 2. The highest BCUT2D eigenvalue weighted by Crippen LogP contribution is 2.59. The van der Waals surface area contributed by atoms with Crippen LogP contribution in [0.1, 0.15) is 44.6 Å². The van der Waals surface area contributed by atoms with Gasteiger partial charge in [0.15, 0.2) is 0 Å². The van der Waals surface area contributed by atoms with Gasteiger partial charge in [0.25, 0.3) is 0 Å². The number of ether oxygens (including phenoxy) is 1. The summed E-state index contributed by atoms with van der Waals surface area (Å²) in [7, 11) is 0. The molecule has 7 heteroatoms. The van der Waals surface area contributed by atoms with E-state index in [9.17, 15) is 9.59 Å². The van der Waals surface area contributed by atoms with Crippen LogP contribution in [0.25, 0.3) is 0 Å². The number of nitrogens with one attached hydrogen (secondary N) is 1. The molecule has 2 amide bonds. The smallest absolute Gasteiger partial charge is 0.409 e. The third kappa shape index (κ3) is 4.19. The lowest BCUT2D eigenvalue weighted by Crippen LogP contribution is -2.47. The van der Waals surface area contributed by atoms with E-state index in [4.69, 9.17) is 9.15 Å². The van der Waals surface area contributed by atoms with Crippen molar-refractivity contribution in [2.24, 2.45) is 11.3 Å². The van der Waals surface area contributed by atoms with Crippen molar-refractivity contribution in [3.63, 3.8) is 0 Å². The number of hydrogen-bond acceptors (Lipinski definition) is 5. The number of carbonyl (C=O) groups is 2. The molecule has 1 aromatic heterocycles. The first-order chi connectivity index (χ1) is 13.6. The lowest BCUT2D eigenvalue weighted by molar-refractivity contribution is -0.124. The van der Waals surface area contributed by atoms with Crippen molar-refractivity contribution in [3.05, 3.63) is 24.2 Å². The fourth-order valence-electron chi connectivity index (χ4n) is 4.79. The topological polar surface area (TPSA) is 75.0 Å². The van der Waals surface area contributed by atoms with Crippen LogP contribution in [0.2, 0.25) is 0 Å². The lowest BCUT2D eigenvalue weighted by Gasteiger charge is -2.33. The van der Waals surface area contributed by atoms with Crippen LogP contribution in [0.4, 0.5) is 4.79 Å². The molecule has 0 aromatic carbocycles. The van der Waals surface area contributed by atoms with E-state index in [1.165, 1.54) is 5.56 Å². The quantitative estimate of drug-likeness (QED) is 0.838. The molecular weight excluding hydrogens is 358 g/mol. The van der Waals surface area contributed by atoms with Crippen molar-refractivity contribution < 1.29 is 18.7 Å². The summed E-state index contributed by atoms with van der Waals surface area (Å²) >= 11 is 0. The molecule has 1 aromatic rings. The standard InChI is InChI=1S/C21H31N3O4/c1-2-28-20(26)24-8-3-17(4-9-24)22-19(25)18-13-21(18)6-10-23(11-7-21)14-16-5-12-27-15-16/h5,12,15,17-18H,2-4,6-11,13-14H2,1H3,(H,22,25)/t18-/m0/s1. The molecule has 154 valence electrons. The van der Waals surface area contributed by atoms with Crippen LogP contribution in [0.3, 0.4) is 0 Å². The minimum atomic E-state index is -0.240. The molecule has 2 saturated heterocycles. The Labute approximate surface area is 166 Å². The number of carbonyl (C=O) groups excluding carboxylic acids is 2. The summed E-state index contributed by atoms with van der Waals surface area (Å²) in [4.78, 5) is 28.7. The lowest BCUT2D eigenvalue weighted by atomic mass is 9.90. The number of rotatable bonds is 5. The Morgan fingerprint density at radius 3 is 2.64 bits per heavy atom. The zero-order valence-corrected chi connectivity index (χ0v) is 16.7. The Hall–Kier alpha value is -2.02. The van der Waals surface area contributed by atoms with Gasteiger partial charge in [0.05, 0.1) is 19.1 Å². The van der Waals surface area contributed by atoms with Crippen LogP contribution >= 0.6 is 0 Å². The summed E-state index contributed by atoms with van der Waals surface area (Å²) < 4.78 is 10.2. The summed E-state index contributed by atoms with van der Waals surface area (Å²) in [5, 5.41) is 3.25. The Bertz CT molecular complexity index is 674. The summed E-state index contributed by atoms with van der Waals surface area (Å²) in [6.07, 6.45) is 8.14. The highest BCUT2D eigenvalue weighted by Gasteiger charge is 2.58. The van der Waals surface area contributed by atoms with Crippen molar-refractivity contribution >= 4 is 12.0 Å². The van der Waals surface area contributed by atoms with Gasteiger partial charge in [-0.25, -0.2) is 4.79 Å². The van der Waals surface area contributed by atoms with Gasteiger partial charge >= 0.3 is 6.09 Å². The highest BCUT2D eigenvalue weighted by molar-refractivity contribution is 5.83. The molecule has 3 fully saturated rings. The maximum absolute atomic E-state index is 12.8. The third-order valence-electron chi connectivity index (χ3n) is 6.71. The van der Waals surface area contributed by atoms with Crippen molar-refractivity contribution in [1.82, 2.24) is 15.1 Å². The van der Waals surface area contributed by atoms with Crippen LogP contribution in [-0.4, -0.2) is 60.6 Å². The van der Waals surface area contributed by atoms with Crippen molar-refractivity contribution in [1.29, 1.82) is 0 Å². The van der Waals surface area contributed by atoms with Gasteiger partial charge in [-0.15, -0.1) is 0 Å². The van der Waals surface area contributed by atoms with Gasteiger partial charge in [0, 0.05) is 37.2 Å². The first-order valence-corrected chi connectivity index (χ1v) is 10.5. The fraction of sp³-hybridized carbons (Fsp3) is 0.714. The number of likely N-dealkylation sites (tertiary alicyclic amines) is 2. The van der Waals surface area contributed by atoms with E-state index in [1.807, 2.05) is 19.3 Å². The summed E-state index contributed by atoms with van der Waals surface area (Å²) in [6, 6.07) is 2.20. The first-order valence-electron chi connectivity index (χ1n) is 10.5. The zero-order chi connectivity index (χ0) is 19.6. The van der Waals surface area contributed by atoms with Gasteiger partial charge in [-0.05, 0) is 63.6 Å². The molecule has 1 N–H and O–H groups in total. The molecular formula is C21H31N3O4. The molecule has 1 aliphatic carbocycles. The highest BCUT2D eigenvalue weighted by atomic mass is 16.6. The van der Waals surface area contributed by atoms with Crippen LogP contribution in [-0.2, 0) is 16.1 Å². The maximum atomic E-state index is 12.8. The van der Waals surface area contributed by atoms with E-state index in [1.54, 1.807) is 11.2 Å². The van der Waals surface area contributed by atoms with E-state index >= 15 is 0 Å². The van der Waals surface area contributed by atoms with Gasteiger partial charge in [-0.2, -0.15) is 0 Å². The Morgan fingerprint density at radius 2 is 2.00 bits per heavy atom. The average Bonchev–Trinajstić information content (AvgIpc) is 3.15. The normalized spacial score (nSPS) is 24.9.